The quantitative estimate of drug-likeness (QED) is 0.914. The van der Waals surface area contributed by atoms with Crippen molar-refractivity contribution in [3.8, 4) is 11.8 Å². The van der Waals surface area contributed by atoms with Gasteiger partial charge in [-0.05, 0) is 17.7 Å². The smallest absolute Gasteiger partial charge is 0.132 e. The van der Waals surface area contributed by atoms with Crippen LogP contribution in [0.5, 0.6) is 5.75 Å². The molecule has 2 aromatic rings. The summed E-state index contributed by atoms with van der Waals surface area (Å²) in [6.45, 7) is 0.365. The monoisotopic (exact) mass is 256 g/mol. The zero-order chi connectivity index (χ0) is 13.7. The van der Waals surface area contributed by atoms with Crippen LogP contribution in [0.1, 0.15) is 17.2 Å². The van der Waals surface area contributed by atoms with Gasteiger partial charge in [0.25, 0.3) is 0 Å². The van der Waals surface area contributed by atoms with E-state index in [4.69, 9.17) is 15.7 Å². The van der Waals surface area contributed by atoms with Crippen LogP contribution >= 0.6 is 0 Å². The van der Waals surface area contributed by atoms with Crippen LogP contribution in [0.25, 0.3) is 0 Å². The van der Waals surface area contributed by atoms with E-state index >= 15 is 0 Å². The number of ether oxygens (including phenoxy) is 1. The first kappa shape index (κ1) is 13.1. The summed E-state index contributed by atoms with van der Waals surface area (Å²) >= 11 is 0. The molecule has 0 saturated heterocycles. The fourth-order valence-corrected chi connectivity index (χ4v) is 1.66. The molecule has 0 fully saturated rings. The third-order valence-corrected chi connectivity index (χ3v) is 2.69. The lowest BCUT2D eigenvalue weighted by molar-refractivity contribution is 0.304. The lowest BCUT2D eigenvalue weighted by Crippen LogP contribution is -2.09. The highest BCUT2D eigenvalue weighted by Crippen LogP contribution is 2.21. The molecule has 0 bridgehead atoms. The van der Waals surface area contributed by atoms with E-state index in [2.05, 4.69) is 0 Å². The van der Waals surface area contributed by atoms with Gasteiger partial charge in [-0.3, -0.25) is 0 Å². The molecule has 2 rings (SSSR count). The van der Waals surface area contributed by atoms with Gasteiger partial charge in [0, 0.05) is 11.6 Å². The zero-order valence-corrected chi connectivity index (χ0v) is 10.2. The molecule has 0 aliphatic rings. The number of nitrogens with zero attached hydrogens (tertiary/aromatic N) is 1. The summed E-state index contributed by atoms with van der Waals surface area (Å²) in [5, 5.41) is 8.66. The first-order valence-corrected chi connectivity index (χ1v) is 5.82. The summed E-state index contributed by atoms with van der Waals surface area (Å²) in [7, 11) is 0. The number of nitrogens with two attached hydrogens (primary N) is 1. The molecular formula is C15H13FN2O. The van der Waals surface area contributed by atoms with Gasteiger partial charge in [0.15, 0.2) is 0 Å². The van der Waals surface area contributed by atoms with Crippen LogP contribution < -0.4 is 10.5 Å². The average molecular weight is 256 g/mol. The minimum absolute atomic E-state index is 0.176. The maximum Gasteiger partial charge on any atom is 0.132 e. The van der Waals surface area contributed by atoms with Gasteiger partial charge >= 0.3 is 0 Å². The van der Waals surface area contributed by atoms with Gasteiger partial charge in [-0.1, -0.05) is 30.3 Å². The maximum absolute atomic E-state index is 13.7. The topological polar surface area (TPSA) is 59.0 Å². The highest BCUT2D eigenvalue weighted by atomic mass is 19.1. The van der Waals surface area contributed by atoms with Crippen molar-refractivity contribution in [2.45, 2.75) is 12.6 Å². The van der Waals surface area contributed by atoms with E-state index in [1.54, 1.807) is 12.1 Å². The van der Waals surface area contributed by atoms with Gasteiger partial charge in [-0.25, -0.2) is 4.39 Å². The minimum atomic E-state index is -0.955. The second-order valence-corrected chi connectivity index (χ2v) is 4.06. The predicted molar refractivity (Wildman–Crippen MR) is 69.7 cm³/mol. The molecule has 0 saturated carbocycles. The minimum Gasteiger partial charge on any atom is -0.489 e. The van der Waals surface area contributed by atoms with Crippen molar-refractivity contribution < 1.29 is 9.13 Å². The van der Waals surface area contributed by atoms with Gasteiger partial charge in [0.05, 0.1) is 6.07 Å². The normalized spacial score (nSPS) is 11.6. The predicted octanol–water partition coefficient (Wildman–Crippen LogP) is 2.93. The summed E-state index contributed by atoms with van der Waals surface area (Å²) in [6.07, 6.45) is 0. The molecule has 2 aromatic carbocycles. The highest BCUT2D eigenvalue weighted by molar-refractivity contribution is 5.33. The Morgan fingerprint density at radius 1 is 1.21 bits per heavy atom. The molecular weight excluding hydrogens is 243 g/mol. The molecule has 1 unspecified atom stereocenters. The third kappa shape index (κ3) is 3.30. The Labute approximate surface area is 111 Å². The number of halogens is 1. The standard InChI is InChI=1S/C15H13FN2O/c16-14-8-12(6-7-13(14)15(18)9-17)19-10-11-4-2-1-3-5-11/h1-8,15H,10,18H2. The van der Waals surface area contributed by atoms with E-state index in [-0.39, 0.29) is 5.56 Å². The number of hydrogen-bond acceptors (Lipinski definition) is 3. The van der Waals surface area contributed by atoms with E-state index in [1.807, 2.05) is 30.3 Å². The van der Waals surface area contributed by atoms with Crippen LogP contribution in [0.15, 0.2) is 48.5 Å². The van der Waals surface area contributed by atoms with Gasteiger partial charge in [0.2, 0.25) is 0 Å². The average Bonchev–Trinajstić information content (AvgIpc) is 2.45. The molecule has 19 heavy (non-hydrogen) atoms. The number of benzene rings is 2. The van der Waals surface area contributed by atoms with E-state index in [0.29, 0.717) is 12.4 Å². The van der Waals surface area contributed by atoms with Crippen molar-refractivity contribution in [3.63, 3.8) is 0 Å². The zero-order valence-electron chi connectivity index (χ0n) is 10.2. The van der Waals surface area contributed by atoms with Crippen LogP contribution in [-0.4, -0.2) is 0 Å². The molecule has 0 aromatic heterocycles. The number of rotatable bonds is 4. The Bertz CT molecular complexity index is 593. The Morgan fingerprint density at radius 3 is 2.58 bits per heavy atom. The number of hydrogen-bond donors (Lipinski definition) is 1. The molecule has 1 atom stereocenters. The molecule has 4 heteroatoms. The van der Waals surface area contributed by atoms with E-state index in [9.17, 15) is 4.39 Å². The summed E-state index contributed by atoms with van der Waals surface area (Å²) in [6, 6.07) is 14.8. The van der Waals surface area contributed by atoms with Crippen molar-refractivity contribution in [2.75, 3.05) is 0 Å². The summed E-state index contributed by atoms with van der Waals surface area (Å²) in [5.41, 5.74) is 6.64. The molecule has 0 radical (unpaired) electrons. The van der Waals surface area contributed by atoms with E-state index in [0.717, 1.165) is 5.56 Å². The lowest BCUT2D eigenvalue weighted by Gasteiger charge is -2.09. The maximum atomic E-state index is 13.7. The number of nitriles is 1. The second kappa shape index (κ2) is 5.98. The van der Waals surface area contributed by atoms with Crippen molar-refractivity contribution in [1.29, 1.82) is 5.26 Å². The van der Waals surface area contributed by atoms with Crippen LogP contribution in [0.4, 0.5) is 4.39 Å². The van der Waals surface area contributed by atoms with Gasteiger partial charge in [-0.15, -0.1) is 0 Å². The molecule has 96 valence electrons. The van der Waals surface area contributed by atoms with Gasteiger partial charge < -0.3 is 10.5 Å². The van der Waals surface area contributed by atoms with Crippen LogP contribution in [-0.2, 0) is 6.61 Å². The van der Waals surface area contributed by atoms with Crippen LogP contribution in [0.2, 0.25) is 0 Å². The van der Waals surface area contributed by atoms with Gasteiger partial charge in [-0.2, -0.15) is 5.26 Å². The van der Waals surface area contributed by atoms with Crippen molar-refractivity contribution in [3.05, 3.63) is 65.5 Å². The Kier molecular flexibility index (Phi) is 4.11. The molecule has 0 aliphatic heterocycles. The largest absolute Gasteiger partial charge is 0.489 e. The molecule has 0 spiro atoms. The fraction of sp³-hybridized carbons (Fsp3) is 0.133. The summed E-state index contributed by atoms with van der Waals surface area (Å²) in [4.78, 5) is 0. The van der Waals surface area contributed by atoms with E-state index in [1.165, 1.54) is 12.1 Å². The fourth-order valence-electron chi connectivity index (χ4n) is 1.66. The SMILES string of the molecule is N#CC(N)c1ccc(OCc2ccccc2)cc1F. The highest BCUT2D eigenvalue weighted by Gasteiger charge is 2.11. The Balaban J connectivity index is 2.07. The molecule has 2 N–H and O–H groups in total. The Hall–Kier alpha value is -2.38. The van der Waals surface area contributed by atoms with Gasteiger partial charge in [0.1, 0.15) is 24.2 Å². The van der Waals surface area contributed by atoms with Crippen molar-refractivity contribution in [1.82, 2.24) is 0 Å². The summed E-state index contributed by atoms with van der Waals surface area (Å²) < 4.78 is 19.2. The van der Waals surface area contributed by atoms with Crippen molar-refractivity contribution in [2.24, 2.45) is 5.73 Å². The molecule has 0 heterocycles. The molecule has 0 amide bonds. The van der Waals surface area contributed by atoms with Crippen LogP contribution in [0.3, 0.4) is 0 Å². The van der Waals surface area contributed by atoms with Crippen molar-refractivity contribution >= 4 is 0 Å². The third-order valence-electron chi connectivity index (χ3n) is 2.69. The second-order valence-electron chi connectivity index (χ2n) is 4.06. The molecule has 3 nitrogen and oxygen atoms in total. The Morgan fingerprint density at radius 2 is 1.95 bits per heavy atom. The first-order valence-electron chi connectivity index (χ1n) is 5.82. The lowest BCUT2D eigenvalue weighted by atomic mass is 10.1. The van der Waals surface area contributed by atoms with E-state index < -0.39 is 11.9 Å². The first-order chi connectivity index (χ1) is 9.20. The van der Waals surface area contributed by atoms with Crippen LogP contribution in [0, 0.1) is 17.1 Å². The molecule has 0 aliphatic carbocycles. The summed E-state index contributed by atoms with van der Waals surface area (Å²) in [5.74, 6) is -0.116.